The Labute approximate surface area is 89.1 Å². The largest absolute Gasteiger partial charge is 0.381 e. The van der Waals surface area contributed by atoms with E-state index in [0.717, 1.165) is 0 Å². The molecule has 1 aromatic rings. The molecule has 14 heavy (non-hydrogen) atoms. The molecule has 0 saturated carbocycles. The lowest BCUT2D eigenvalue weighted by atomic mass is 10.1. The number of ketones is 1. The first-order valence-corrected chi connectivity index (χ1v) is 6.10. The van der Waals surface area contributed by atoms with Gasteiger partial charge in [0, 0.05) is 4.47 Å². The second kappa shape index (κ2) is 3.06. The minimum absolute atomic E-state index is 0.101. The van der Waals surface area contributed by atoms with Crippen molar-refractivity contribution in [2.24, 2.45) is 0 Å². The van der Waals surface area contributed by atoms with Crippen molar-refractivity contribution in [3.63, 3.8) is 0 Å². The van der Waals surface area contributed by atoms with Crippen molar-refractivity contribution < 1.29 is 17.4 Å². The number of hydrogen-bond donors (Lipinski definition) is 0. The number of hydrogen-bond acceptors (Lipinski definition) is 4. The van der Waals surface area contributed by atoms with Gasteiger partial charge in [0.05, 0.1) is 5.56 Å². The highest BCUT2D eigenvalue weighted by molar-refractivity contribution is 9.10. The van der Waals surface area contributed by atoms with Gasteiger partial charge in [-0.1, -0.05) is 15.9 Å². The zero-order chi connectivity index (χ0) is 10.3. The highest BCUT2D eigenvalue weighted by Gasteiger charge is 2.29. The maximum atomic E-state index is 11.4. The van der Waals surface area contributed by atoms with Crippen LogP contribution in [0, 0.1) is 0 Å². The van der Waals surface area contributed by atoms with Crippen LogP contribution >= 0.6 is 15.9 Å². The van der Waals surface area contributed by atoms with Crippen LogP contribution in [0.4, 0.5) is 0 Å². The maximum Gasteiger partial charge on any atom is 0.316 e. The number of Topliss-reactive ketones (excluding diaryl/α,β-unsaturated/α-hetero) is 1. The van der Waals surface area contributed by atoms with E-state index in [1.54, 1.807) is 12.1 Å². The molecule has 1 aromatic carbocycles. The molecule has 0 aromatic heterocycles. The van der Waals surface area contributed by atoms with Gasteiger partial charge in [-0.15, -0.1) is 0 Å². The molecular formula is C8H5BrO4S. The summed E-state index contributed by atoms with van der Waals surface area (Å²) in [6, 6.07) is 4.62. The number of carbonyl (C=O) groups is 1. The molecule has 0 N–H and O–H groups in total. The Kier molecular flexibility index (Phi) is 2.11. The van der Waals surface area contributed by atoms with Crippen molar-refractivity contribution in [3.8, 4) is 5.75 Å². The average molecular weight is 277 g/mol. The monoisotopic (exact) mass is 276 g/mol. The Bertz CT molecular complexity index is 506. The summed E-state index contributed by atoms with van der Waals surface area (Å²) in [6.45, 7) is 0. The Balaban J connectivity index is 2.62. The van der Waals surface area contributed by atoms with Gasteiger partial charge in [-0.25, -0.2) is 0 Å². The Morgan fingerprint density at radius 3 is 2.79 bits per heavy atom. The summed E-state index contributed by atoms with van der Waals surface area (Å²) in [6.07, 6.45) is 0. The number of fused-ring (bicyclic) bond motifs is 1. The fourth-order valence-corrected chi connectivity index (χ4v) is 2.51. The molecule has 6 heteroatoms. The van der Waals surface area contributed by atoms with Crippen molar-refractivity contribution >= 4 is 31.8 Å². The third kappa shape index (κ3) is 1.67. The van der Waals surface area contributed by atoms with E-state index in [4.69, 9.17) is 0 Å². The zero-order valence-corrected chi connectivity index (χ0v) is 9.26. The number of rotatable bonds is 0. The van der Waals surface area contributed by atoms with Gasteiger partial charge < -0.3 is 4.18 Å². The molecule has 0 fully saturated rings. The van der Waals surface area contributed by atoms with E-state index in [2.05, 4.69) is 20.1 Å². The van der Waals surface area contributed by atoms with E-state index in [1.165, 1.54) is 6.07 Å². The lowest BCUT2D eigenvalue weighted by molar-refractivity contribution is 0.101. The summed E-state index contributed by atoms with van der Waals surface area (Å²) in [4.78, 5) is 11.4. The quantitative estimate of drug-likeness (QED) is 0.672. The van der Waals surface area contributed by atoms with Crippen LogP contribution in [-0.2, 0) is 10.1 Å². The van der Waals surface area contributed by atoms with Crippen LogP contribution in [0.15, 0.2) is 22.7 Å². The summed E-state index contributed by atoms with van der Waals surface area (Å²) in [5, 5.41) is 0. The SMILES string of the molecule is O=C1CS(=O)(=O)Oc2ccc(Br)cc21. The van der Waals surface area contributed by atoms with Crippen molar-refractivity contribution in [3.05, 3.63) is 28.2 Å². The molecule has 0 spiro atoms. The van der Waals surface area contributed by atoms with Crippen LogP contribution in [0.3, 0.4) is 0 Å². The molecule has 0 aliphatic carbocycles. The molecule has 4 nitrogen and oxygen atoms in total. The zero-order valence-electron chi connectivity index (χ0n) is 6.86. The highest BCUT2D eigenvalue weighted by Crippen LogP contribution is 2.28. The highest BCUT2D eigenvalue weighted by atomic mass is 79.9. The van der Waals surface area contributed by atoms with Gasteiger partial charge in [-0.3, -0.25) is 4.79 Å². The smallest absolute Gasteiger partial charge is 0.316 e. The van der Waals surface area contributed by atoms with Gasteiger partial charge >= 0.3 is 10.1 Å². The molecule has 74 valence electrons. The van der Waals surface area contributed by atoms with E-state index in [9.17, 15) is 13.2 Å². The van der Waals surface area contributed by atoms with E-state index < -0.39 is 21.7 Å². The minimum Gasteiger partial charge on any atom is -0.381 e. The lowest BCUT2D eigenvalue weighted by Gasteiger charge is -2.15. The fraction of sp³-hybridized carbons (Fsp3) is 0.125. The van der Waals surface area contributed by atoms with Gasteiger partial charge in [0.25, 0.3) is 0 Å². The molecule has 1 aliphatic heterocycles. The Morgan fingerprint density at radius 2 is 2.07 bits per heavy atom. The van der Waals surface area contributed by atoms with Crippen LogP contribution in [0.25, 0.3) is 0 Å². The van der Waals surface area contributed by atoms with Crippen molar-refractivity contribution in [1.29, 1.82) is 0 Å². The summed E-state index contributed by atoms with van der Waals surface area (Å²) < 4.78 is 27.5. The van der Waals surface area contributed by atoms with Crippen molar-refractivity contribution in [2.75, 3.05) is 5.75 Å². The van der Waals surface area contributed by atoms with E-state index >= 15 is 0 Å². The Morgan fingerprint density at radius 1 is 1.36 bits per heavy atom. The summed E-state index contributed by atoms with van der Waals surface area (Å²) in [7, 11) is -3.72. The van der Waals surface area contributed by atoms with Crippen LogP contribution < -0.4 is 4.18 Å². The topological polar surface area (TPSA) is 60.4 Å². The molecule has 0 atom stereocenters. The van der Waals surface area contributed by atoms with Gasteiger partial charge in [0.2, 0.25) is 0 Å². The van der Waals surface area contributed by atoms with Gasteiger partial charge in [0.1, 0.15) is 5.75 Å². The van der Waals surface area contributed by atoms with E-state index in [1.807, 2.05) is 0 Å². The van der Waals surface area contributed by atoms with Crippen LogP contribution in [0.5, 0.6) is 5.75 Å². The predicted molar refractivity (Wildman–Crippen MR) is 52.9 cm³/mol. The summed E-state index contributed by atoms with van der Waals surface area (Å²) >= 11 is 3.19. The fourth-order valence-electron chi connectivity index (χ4n) is 1.20. The van der Waals surface area contributed by atoms with Gasteiger partial charge in [-0.05, 0) is 18.2 Å². The maximum absolute atomic E-state index is 11.4. The van der Waals surface area contributed by atoms with Crippen LogP contribution in [-0.4, -0.2) is 20.0 Å². The normalized spacial score (nSPS) is 18.5. The van der Waals surface area contributed by atoms with E-state index in [0.29, 0.717) is 10.0 Å². The number of carbonyl (C=O) groups excluding carboxylic acids is 1. The third-order valence-corrected chi connectivity index (χ3v) is 3.31. The van der Waals surface area contributed by atoms with Crippen molar-refractivity contribution in [2.45, 2.75) is 0 Å². The second-order valence-corrected chi connectivity index (χ2v) is 5.34. The first-order chi connectivity index (χ1) is 6.48. The molecule has 2 rings (SSSR count). The molecule has 0 unspecified atom stereocenters. The average Bonchev–Trinajstić information content (AvgIpc) is 2.05. The molecular weight excluding hydrogens is 272 g/mol. The van der Waals surface area contributed by atoms with E-state index in [-0.39, 0.29) is 5.75 Å². The summed E-state index contributed by atoms with van der Waals surface area (Å²) in [5.74, 6) is -0.923. The molecule has 1 heterocycles. The first-order valence-electron chi connectivity index (χ1n) is 3.73. The lowest BCUT2D eigenvalue weighted by Crippen LogP contribution is -2.26. The molecule has 0 radical (unpaired) electrons. The second-order valence-electron chi connectivity index (χ2n) is 2.85. The van der Waals surface area contributed by atoms with Crippen LogP contribution in [0.2, 0.25) is 0 Å². The number of halogens is 1. The van der Waals surface area contributed by atoms with Gasteiger partial charge in [-0.2, -0.15) is 8.42 Å². The molecule has 0 bridgehead atoms. The standard InChI is InChI=1S/C8H5BrO4S/c9-5-1-2-8-6(3-5)7(10)4-14(11,12)13-8/h1-3H,4H2. The molecule has 0 saturated heterocycles. The minimum atomic E-state index is -3.72. The third-order valence-electron chi connectivity index (χ3n) is 1.77. The van der Waals surface area contributed by atoms with Crippen molar-refractivity contribution in [1.82, 2.24) is 0 Å². The summed E-state index contributed by atoms with van der Waals surface area (Å²) in [5.41, 5.74) is 0.300. The number of benzene rings is 1. The molecule has 0 amide bonds. The molecule has 1 aliphatic rings. The van der Waals surface area contributed by atoms with Gasteiger partial charge in [0.15, 0.2) is 11.5 Å². The first kappa shape index (κ1) is 9.67. The van der Waals surface area contributed by atoms with Crippen LogP contribution in [0.1, 0.15) is 10.4 Å². The predicted octanol–water partition coefficient (Wildman–Crippen LogP) is 1.35. The Hall–Kier alpha value is -0.880.